The van der Waals surface area contributed by atoms with Crippen LogP contribution in [0, 0.1) is 5.82 Å². The number of benzene rings is 2. The van der Waals surface area contributed by atoms with E-state index in [1.165, 1.54) is 36.1 Å². The van der Waals surface area contributed by atoms with Crippen LogP contribution in [-0.4, -0.2) is 13.1 Å². The molecule has 2 nitrogen and oxygen atoms in total. The average Bonchev–Trinajstić information content (AvgIpc) is 2.56. The Morgan fingerprint density at radius 2 is 1.67 bits per heavy atom. The lowest BCUT2D eigenvalue weighted by Crippen LogP contribution is -2.27. The maximum atomic E-state index is 13.0. The first-order valence-corrected chi connectivity index (χ1v) is 7.57. The topological polar surface area (TPSA) is 38.0 Å². The Kier molecular flexibility index (Phi) is 4.32. The molecule has 3 N–H and O–H groups in total. The standard InChI is InChI=1S/C18H21FN2/c19-17-4-1-13(2-5-17)15-3-6-18(16(11-15)12-20)14-7-9-21-10-8-14/h1-6,11,14,21H,7-10,12,20H2. The quantitative estimate of drug-likeness (QED) is 0.906. The highest BCUT2D eigenvalue weighted by Crippen LogP contribution is 2.31. The van der Waals surface area contributed by atoms with Crippen LogP contribution in [0.25, 0.3) is 11.1 Å². The van der Waals surface area contributed by atoms with E-state index in [4.69, 9.17) is 5.73 Å². The number of rotatable bonds is 3. The van der Waals surface area contributed by atoms with Gasteiger partial charge in [-0.2, -0.15) is 0 Å². The molecule has 1 heterocycles. The number of halogens is 1. The van der Waals surface area contributed by atoms with Crippen molar-refractivity contribution in [2.45, 2.75) is 25.3 Å². The third-order valence-electron chi connectivity index (χ3n) is 4.32. The van der Waals surface area contributed by atoms with Crippen LogP contribution in [0.3, 0.4) is 0 Å². The van der Waals surface area contributed by atoms with Gasteiger partial charge in [-0.05, 0) is 72.3 Å². The smallest absolute Gasteiger partial charge is 0.123 e. The molecule has 2 aromatic rings. The molecule has 3 heteroatoms. The largest absolute Gasteiger partial charge is 0.326 e. The van der Waals surface area contributed by atoms with Crippen LogP contribution in [0.2, 0.25) is 0 Å². The van der Waals surface area contributed by atoms with Gasteiger partial charge in [-0.1, -0.05) is 24.3 Å². The molecule has 0 radical (unpaired) electrons. The number of piperidine rings is 1. The third kappa shape index (κ3) is 3.14. The Morgan fingerprint density at radius 1 is 1.00 bits per heavy atom. The van der Waals surface area contributed by atoms with Crippen molar-refractivity contribution < 1.29 is 4.39 Å². The molecule has 0 spiro atoms. The van der Waals surface area contributed by atoms with Gasteiger partial charge in [-0.15, -0.1) is 0 Å². The fourth-order valence-corrected chi connectivity index (χ4v) is 3.14. The van der Waals surface area contributed by atoms with E-state index in [1.54, 1.807) is 0 Å². The van der Waals surface area contributed by atoms with Crippen molar-refractivity contribution in [1.29, 1.82) is 0 Å². The monoisotopic (exact) mass is 284 g/mol. The Labute approximate surface area is 125 Å². The van der Waals surface area contributed by atoms with Crippen molar-refractivity contribution in [2.75, 3.05) is 13.1 Å². The second-order valence-corrected chi connectivity index (χ2v) is 5.65. The summed E-state index contributed by atoms with van der Waals surface area (Å²) in [6.07, 6.45) is 2.34. The lowest BCUT2D eigenvalue weighted by Gasteiger charge is -2.25. The highest BCUT2D eigenvalue weighted by molar-refractivity contribution is 5.65. The van der Waals surface area contributed by atoms with E-state index in [2.05, 4.69) is 23.5 Å². The maximum absolute atomic E-state index is 13.0. The van der Waals surface area contributed by atoms with Gasteiger partial charge in [0.15, 0.2) is 0 Å². The predicted octanol–water partition coefficient (Wildman–Crippen LogP) is 3.42. The summed E-state index contributed by atoms with van der Waals surface area (Å²) < 4.78 is 13.0. The Morgan fingerprint density at radius 3 is 2.33 bits per heavy atom. The Hall–Kier alpha value is -1.71. The van der Waals surface area contributed by atoms with Gasteiger partial charge in [0.25, 0.3) is 0 Å². The minimum atomic E-state index is -0.205. The highest BCUT2D eigenvalue weighted by Gasteiger charge is 2.18. The van der Waals surface area contributed by atoms with Crippen molar-refractivity contribution in [3.8, 4) is 11.1 Å². The molecule has 110 valence electrons. The minimum Gasteiger partial charge on any atom is -0.326 e. The highest BCUT2D eigenvalue weighted by atomic mass is 19.1. The molecule has 21 heavy (non-hydrogen) atoms. The molecule has 0 atom stereocenters. The summed E-state index contributed by atoms with van der Waals surface area (Å²) in [4.78, 5) is 0. The first-order valence-electron chi connectivity index (χ1n) is 7.57. The van der Waals surface area contributed by atoms with Crippen LogP contribution in [-0.2, 0) is 6.54 Å². The molecule has 0 aliphatic carbocycles. The van der Waals surface area contributed by atoms with Gasteiger partial charge in [-0.25, -0.2) is 4.39 Å². The summed E-state index contributed by atoms with van der Waals surface area (Å²) in [5.41, 5.74) is 10.7. The van der Waals surface area contributed by atoms with Crippen molar-refractivity contribution in [3.05, 3.63) is 59.4 Å². The van der Waals surface area contributed by atoms with Crippen LogP contribution in [0.5, 0.6) is 0 Å². The molecule has 0 saturated carbocycles. The molecular formula is C18H21FN2. The van der Waals surface area contributed by atoms with Gasteiger partial charge < -0.3 is 11.1 Å². The summed E-state index contributed by atoms with van der Waals surface area (Å²) in [6.45, 7) is 2.71. The van der Waals surface area contributed by atoms with Gasteiger partial charge in [0.1, 0.15) is 5.82 Å². The number of hydrogen-bond donors (Lipinski definition) is 2. The first kappa shape index (κ1) is 14.2. The maximum Gasteiger partial charge on any atom is 0.123 e. The molecule has 2 aromatic carbocycles. The molecule has 1 aliphatic rings. The zero-order valence-electron chi connectivity index (χ0n) is 12.1. The second-order valence-electron chi connectivity index (χ2n) is 5.65. The van der Waals surface area contributed by atoms with Gasteiger partial charge in [0.05, 0.1) is 0 Å². The normalized spacial score (nSPS) is 16.1. The molecule has 1 fully saturated rings. The number of nitrogens with two attached hydrogens (primary N) is 1. The van der Waals surface area contributed by atoms with Crippen molar-refractivity contribution in [3.63, 3.8) is 0 Å². The molecule has 3 rings (SSSR count). The van der Waals surface area contributed by atoms with E-state index in [9.17, 15) is 4.39 Å². The second kappa shape index (κ2) is 6.37. The summed E-state index contributed by atoms with van der Waals surface area (Å²) in [7, 11) is 0. The van der Waals surface area contributed by atoms with Crippen molar-refractivity contribution in [1.82, 2.24) is 5.32 Å². The van der Waals surface area contributed by atoms with E-state index < -0.39 is 0 Å². The van der Waals surface area contributed by atoms with Crippen LogP contribution >= 0.6 is 0 Å². The van der Waals surface area contributed by atoms with Crippen molar-refractivity contribution in [2.24, 2.45) is 5.73 Å². The van der Waals surface area contributed by atoms with Gasteiger partial charge >= 0.3 is 0 Å². The van der Waals surface area contributed by atoms with E-state index in [-0.39, 0.29) is 5.82 Å². The van der Waals surface area contributed by atoms with Crippen LogP contribution in [0.4, 0.5) is 4.39 Å². The third-order valence-corrected chi connectivity index (χ3v) is 4.32. The van der Waals surface area contributed by atoms with E-state index >= 15 is 0 Å². The fourth-order valence-electron chi connectivity index (χ4n) is 3.14. The van der Waals surface area contributed by atoms with Crippen molar-refractivity contribution >= 4 is 0 Å². The summed E-state index contributed by atoms with van der Waals surface area (Å²) in [5, 5.41) is 3.40. The number of nitrogens with one attached hydrogen (secondary N) is 1. The summed E-state index contributed by atoms with van der Waals surface area (Å²) in [5.74, 6) is 0.399. The molecule has 0 amide bonds. The van der Waals surface area contributed by atoms with Crippen LogP contribution in [0.1, 0.15) is 29.9 Å². The van der Waals surface area contributed by atoms with E-state index in [0.717, 1.165) is 24.2 Å². The average molecular weight is 284 g/mol. The van der Waals surface area contributed by atoms with E-state index in [0.29, 0.717) is 12.5 Å². The summed E-state index contributed by atoms with van der Waals surface area (Å²) in [6, 6.07) is 13.1. The van der Waals surface area contributed by atoms with Gasteiger partial charge in [0, 0.05) is 6.54 Å². The molecule has 1 aliphatic heterocycles. The zero-order chi connectivity index (χ0) is 14.7. The molecule has 0 unspecified atom stereocenters. The Balaban J connectivity index is 1.92. The molecule has 1 saturated heterocycles. The van der Waals surface area contributed by atoms with Crippen LogP contribution < -0.4 is 11.1 Å². The summed E-state index contributed by atoms with van der Waals surface area (Å²) >= 11 is 0. The lowest BCUT2D eigenvalue weighted by atomic mass is 9.85. The lowest BCUT2D eigenvalue weighted by molar-refractivity contribution is 0.458. The number of hydrogen-bond acceptors (Lipinski definition) is 2. The first-order chi connectivity index (χ1) is 10.3. The van der Waals surface area contributed by atoms with Crippen LogP contribution in [0.15, 0.2) is 42.5 Å². The predicted molar refractivity (Wildman–Crippen MR) is 84.6 cm³/mol. The minimum absolute atomic E-state index is 0.205. The van der Waals surface area contributed by atoms with Gasteiger partial charge in [0.2, 0.25) is 0 Å². The SMILES string of the molecule is NCc1cc(-c2ccc(F)cc2)ccc1C1CCNCC1. The fraction of sp³-hybridized carbons (Fsp3) is 0.333. The van der Waals surface area contributed by atoms with E-state index in [1.807, 2.05) is 12.1 Å². The molecule has 0 aromatic heterocycles. The van der Waals surface area contributed by atoms with Gasteiger partial charge in [-0.3, -0.25) is 0 Å². The molecular weight excluding hydrogens is 263 g/mol. The molecule has 0 bridgehead atoms. The zero-order valence-corrected chi connectivity index (χ0v) is 12.1. The Bertz CT molecular complexity index is 601.